The molecule has 92 valence electrons. The minimum Gasteiger partial charge on any atom is -0.317 e. The summed E-state index contributed by atoms with van der Waals surface area (Å²) in [4.78, 5) is 0. The van der Waals surface area contributed by atoms with Gasteiger partial charge in [0.25, 0.3) is 0 Å². The third-order valence-electron chi connectivity index (χ3n) is 5.83. The highest BCUT2D eigenvalue weighted by Gasteiger charge is 2.52. The van der Waals surface area contributed by atoms with Gasteiger partial charge in [0.1, 0.15) is 0 Å². The Labute approximate surface area is 100 Å². The Balaban J connectivity index is 1.72. The molecule has 4 aliphatic carbocycles. The number of nitrogens with one attached hydrogen (secondary N) is 1. The first-order chi connectivity index (χ1) is 7.72. The van der Waals surface area contributed by atoms with Gasteiger partial charge in [-0.05, 0) is 80.7 Å². The van der Waals surface area contributed by atoms with Crippen molar-refractivity contribution in [3.8, 4) is 0 Å². The van der Waals surface area contributed by atoms with Crippen molar-refractivity contribution in [3.05, 3.63) is 0 Å². The van der Waals surface area contributed by atoms with Gasteiger partial charge < -0.3 is 5.32 Å². The largest absolute Gasteiger partial charge is 0.317 e. The van der Waals surface area contributed by atoms with E-state index >= 15 is 0 Å². The van der Waals surface area contributed by atoms with Gasteiger partial charge in [0.2, 0.25) is 0 Å². The van der Waals surface area contributed by atoms with Crippen LogP contribution in [0.25, 0.3) is 0 Å². The van der Waals surface area contributed by atoms with E-state index in [2.05, 4.69) is 19.2 Å². The fourth-order valence-corrected chi connectivity index (χ4v) is 5.36. The lowest BCUT2D eigenvalue weighted by molar-refractivity contribution is -0.0823. The molecule has 0 saturated heterocycles. The van der Waals surface area contributed by atoms with Crippen molar-refractivity contribution in [1.82, 2.24) is 5.32 Å². The first-order valence-electron chi connectivity index (χ1n) is 7.42. The zero-order chi connectivity index (χ0) is 11.2. The van der Waals surface area contributed by atoms with Crippen molar-refractivity contribution < 1.29 is 0 Å². The third kappa shape index (κ3) is 1.72. The second kappa shape index (κ2) is 4.01. The highest BCUT2D eigenvalue weighted by atomic mass is 14.9. The quantitative estimate of drug-likeness (QED) is 0.766. The standard InChI is InChI=1S/C15H27N/c1-3-16-10-11(2)15-7-12-4-13(8-15)6-14(5-12)9-15/h11-14,16H,3-10H2,1-2H3. The van der Waals surface area contributed by atoms with Crippen molar-refractivity contribution in [2.75, 3.05) is 13.1 Å². The molecule has 0 aromatic rings. The third-order valence-corrected chi connectivity index (χ3v) is 5.83. The SMILES string of the molecule is CCNCC(C)C12CC3CC(CC(C3)C1)C2. The van der Waals surface area contributed by atoms with E-state index in [-0.39, 0.29) is 0 Å². The molecule has 4 fully saturated rings. The Morgan fingerprint density at radius 3 is 2.00 bits per heavy atom. The molecular formula is C15H27N. The van der Waals surface area contributed by atoms with Gasteiger partial charge in [0.05, 0.1) is 0 Å². The summed E-state index contributed by atoms with van der Waals surface area (Å²) in [5, 5.41) is 3.57. The molecule has 0 amide bonds. The number of hydrogen-bond acceptors (Lipinski definition) is 1. The normalized spacial score (nSPS) is 47.2. The van der Waals surface area contributed by atoms with E-state index in [4.69, 9.17) is 0 Å². The van der Waals surface area contributed by atoms with Gasteiger partial charge in [-0.25, -0.2) is 0 Å². The summed E-state index contributed by atoms with van der Waals surface area (Å²) in [6.07, 6.45) is 9.41. The minimum absolute atomic E-state index is 0.747. The topological polar surface area (TPSA) is 12.0 Å². The van der Waals surface area contributed by atoms with Gasteiger partial charge in [-0.15, -0.1) is 0 Å². The van der Waals surface area contributed by atoms with Crippen LogP contribution in [0, 0.1) is 29.1 Å². The molecule has 0 heterocycles. The van der Waals surface area contributed by atoms with Gasteiger partial charge in [0.15, 0.2) is 0 Å². The summed E-state index contributed by atoms with van der Waals surface area (Å²) in [6, 6.07) is 0. The molecule has 4 bridgehead atoms. The molecule has 1 atom stereocenters. The second-order valence-electron chi connectivity index (χ2n) is 6.99. The van der Waals surface area contributed by atoms with Crippen LogP contribution in [0.2, 0.25) is 0 Å². The first-order valence-corrected chi connectivity index (χ1v) is 7.42. The van der Waals surface area contributed by atoms with Crippen LogP contribution in [0.5, 0.6) is 0 Å². The molecule has 0 aromatic heterocycles. The fraction of sp³-hybridized carbons (Fsp3) is 1.00. The molecule has 4 rings (SSSR count). The van der Waals surface area contributed by atoms with Crippen LogP contribution in [0.1, 0.15) is 52.4 Å². The maximum Gasteiger partial charge on any atom is -0.00180 e. The zero-order valence-corrected chi connectivity index (χ0v) is 11.0. The van der Waals surface area contributed by atoms with Crippen molar-refractivity contribution >= 4 is 0 Å². The van der Waals surface area contributed by atoms with E-state index in [1.165, 1.54) is 6.54 Å². The minimum atomic E-state index is 0.747. The van der Waals surface area contributed by atoms with Gasteiger partial charge in [0, 0.05) is 0 Å². The summed E-state index contributed by atoms with van der Waals surface area (Å²) in [5.74, 6) is 4.22. The van der Waals surface area contributed by atoms with E-state index in [1.54, 1.807) is 38.5 Å². The highest BCUT2D eigenvalue weighted by Crippen LogP contribution is 2.62. The molecule has 4 aliphatic rings. The Hall–Kier alpha value is -0.0400. The Bertz CT molecular complexity index is 223. The van der Waals surface area contributed by atoms with E-state index < -0.39 is 0 Å². The molecule has 16 heavy (non-hydrogen) atoms. The summed E-state index contributed by atoms with van der Waals surface area (Å²) >= 11 is 0. The lowest BCUT2D eigenvalue weighted by Gasteiger charge is -2.59. The maximum absolute atomic E-state index is 3.57. The summed E-state index contributed by atoms with van der Waals surface area (Å²) in [7, 11) is 0. The summed E-state index contributed by atoms with van der Waals surface area (Å²) in [6.45, 7) is 7.13. The smallest absolute Gasteiger partial charge is 0.00180 e. The highest BCUT2D eigenvalue weighted by molar-refractivity contribution is 5.03. The molecule has 1 nitrogen and oxygen atoms in total. The second-order valence-corrected chi connectivity index (χ2v) is 6.99. The average Bonchev–Trinajstić information content (AvgIpc) is 2.24. The van der Waals surface area contributed by atoms with Crippen LogP contribution in [0.3, 0.4) is 0 Å². The van der Waals surface area contributed by atoms with Crippen molar-refractivity contribution in [1.29, 1.82) is 0 Å². The lowest BCUT2D eigenvalue weighted by Crippen LogP contribution is -2.50. The Morgan fingerprint density at radius 1 is 1.06 bits per heavy atom. The molecular weight excluding hydrogens is 194 g/mol. The zero-order valence-electron chi connectivity index (χ0n) is 11.0. The number of hydrogen-bond donors (Lipinski definition) is 1. The van der Waals surface area contributed by atoms with E-state index in [9.17, 15) is 0 Å². The molecule has 0 aromatic carbocycles. The fourth-order valence-electron chi connectivity index (χ4n) is 5.36. The first kappa shape index (κ1) is 11.1. The van der Waals surface area contributed by atoms with Crippen LogP contribution in [0.4, 0.5) is 0 Å². The van der Waals surface area contributed by atoms with E-state index in [0.29, 0.717) is 0 Å². The van der Waals surface area contributed by atoms with Crippen molar-refractivity contribution in [2.24, 2.45) is 29.1 Å². The predicted octanol–water partition coefficient (Wildman–Crippen LogP) is 3.45. The summed E-state index contributed by atoms with van der Waals surface area (Å²) in [5.41, 5.74) is 0.747. The number of rotatable bonds is 4. The molecule has 1 unspecified atom stereocenters. The Kier molecular flexibility index (Phi) is 2.78. The van der Waals surface area contributed by atoms with Crippen LogP contribution in [-0.2, 0) is 0 Å². The van der Waals surface area contributed by atoms with Gasteiger partial charge in [-0.2, -0.15) is 0 Å². The van der Waals surface area contributed by atoms with Crippen LogP contribution >= 0.6 is 0 Å². The van der Waals surface area contributed by atoms with Gasteiger partial charge >= 0.3 is 0 Å². The van der Waals surface area contributed by atoms with Crippen LogP contribution < -0.4 is 5.32 Å². The van der Waals surface area contributed by atoms with Crippen molar-refractivity contribution in [2.45, 2.75) is 52.4 Å². The van der Waals surface area contributed by atoms with Crippen LogP contribution in [-0.4, -0.2) is 13.1 Å². The Morgan fingerprint density at radius 2 is 1.56 bits per heavy atom. The molecule has 1 heteroatoms. The van der Waals surface area contributed by atoms with Crippen molar-refractivity contribution in [3.63, 3.8) is 0 Å². The van der Waals surface area contributed by atoms with Gasteiger partial charge in [-0.1, -0.05) is 13.8 Å². The van der Waals surface area contributed by atoms with Gasteiger partial charge in [-0.3, -0.25) is 0 Å². The van der Waals surface area contributed by atoms with E-state index in [0.717, 1.165) is 35.6 Å². The monoisotopic (exact) mass is 221 g/mol. The summed E-state index contributed by atoms with van der Waals surface area (Å²) < 4.78 is 0. The average molecular weight is 221 g/mol. The maximum atomic E-state index is 3.57. The molecule has 1 N–H and O–H groups in total. The lowest BCUT2D eigenvalue weighted by atomic mass is 9.46. The predicted molar refractivity (Wildman–Crippen MR) is 68.3 cm³/mol. The van der Waals surface area contributed by atoms with Crippen LogP contribution in [0.15, 0.2) is 0 Å². The molecule has 0 aliphatic heterocycles. The molecule has 4 saturated carbocycles. The molecule has 0 radical (unpaired) electrons. The van der Waals surface area contributed by atoms with E-state index in [1.807, 2.05) is 0 Å². The molecule has 0 spiro atoms.